The highest BCUT2D eigenvalue weighted by atomic mass is 35.5. The van der Waals surface area contributed by atoms with Gasteiger partial charge in [-0.2, -0.15) is 0 Å². The zero-order valence-corrected chi connectivity index (χ0v) is 14.8. The molecule has 2 aromatic rings. The molecule has 0 aliphatic heterocycles. The lowest BCUT2D eigenvalue weighted by Crippen LogP contribution is -2.21. The second-order valence-corrected chi connectivity index (χ2v) is 5.88. The zero-order valence-electron chi connectivity index (χ0n) is 14.1. The van der Waals surface area contributed by atoms with Crippen LogP contribution in [0.3, 0.4) is 0 Å². The van der Waals surface area contributed by atoms with Crippen LogP contribution >= 0.6 is 11.6 Å². The van der Waals surface area contributed by atoms with E-state index in [1.165, 1.54) is 0 Å². The van der Waals surface area contributed by atoms with Crippen LogP contribution in [0.1, 0.15) is 24.3 Å². The molecule has 1 aromatic heterocycles. The van der Waals surface area contributed by atoms with Crippen molar-refractivity contribution in [2.45, 2.75) is 20.4 Å². The molecule has 0 amide bonds. The molecule has 0 aliphatic carbocycles. The fraction of sp³-hybridized carbons (Fsp3) is 0.471. The van der Waals surface area contributed by atoms with Gasteiger partial charge in [0.15, 0.2) is 11.4 Å². The lowest BCUT2D eigenvalue weighted by Gasteiger charge is -2.14. The van der Waals surface area contributed by atoms with Crippen LogP contribution in [0.4, 0.5) is 0 Å². The highest BCUT2D eigenvalue weighted by Gasteiger charge is 2.25. The van der Waals surface area contributed by atoms with E-state index in [2.05, 4.69) is 4.90 Å². The summed E-state index contributed by atoms with van der Waals surface area (Å²) in [4.78, 5) is 14.6. The molecule has 0 radical (unpaired) electrons. The summed E-state index contributed by atoms with van der Waals surface area (Å²) in [5, 5.41) is 1.50. The van der Waals surface area contributed by atoms with Crippen molar-refractivity contribution >= 4 is 28.5 Å². The second kappa shape index (κ2) is 7.70. The summed E-state index contributed by atoms with van der Waals surface area (Å²) in [5.41, 5.74) is 1.33. The van der Waals surface area contributed by atoms with E-state index in [4.69, 9.17) is 21.1 Å². The summed E-state index contributed by atoms with van der Waals surface area (Å²) >= 11 is 6.15. The maximum Gasteiger partial charge on any atom is 0.358 e. The Bertz CT molecular complexity index is 695. The van der Waals surface area contributed by atoms with Crippen molar-refractivity contribution in [3.63, 3.8) is 0 Å². The van der Waals surface area contributed by atoms with Crippen LogP contribution in [-0.4, -0.2) is 49.3 Å². The first-order chi connectivity index (χ1) is 11.0. The Morgan fingerprint density at radius 2 is 2.00 bits per heavy atom. The molecule has 0 saturated heterocycles. The number of nitrogens with zero attached hydrogens (tertiary/aromatic N) is 2. The van der Waals surface area contributed by atoms with Crippen LogP contribution in [-0.2, 0) is 11.3 Å². The van der Waals surface area contributed by atoms with Gasteiger partial charge in [-0.05, 0) is 46.1 Å². The molecule has 1 aromatic carbocycles. The minimum absolute atomic E-state index is 0.320. The van der Waals surface area contributed by atoms with E-state index < -0.39 is 0 Å². The van der Waals surface area contributed by atoms with E-state index >= 15 is 0 Å². The first kappa shape index (κ1) is 17.6. The number of hydrogen-bond acceptors (Lipinski definition) is 4. The number of carbonyl (C=O) groups excluding carboxylic acids is 1. The largest absolute Gasteiger partial charge is 0.491 e. The number of likely N-dealkylation sites (N-methyl/N-ethyl adjacent to an activating group) is 1. The third-order valence-electron chi connectivity index (χ3n) is 3.51. The third-order valence-corrected chi connectivity index (χ3v) is 3.74. The molecule has 23 heavy (non-hydrogen) atoms. The Morgan fingerprint density at radius 3 is 2.61 bits per heavy atom. The lowest BCUT2D eigenvalue weighted by atomic mass is 10.2. The van der Waals surface area contributed by atoms with E-state index in [0.29, 0.717) is 36.2 Å². The van der Waals surface area contributed by atoms with Gasteiger partial charge in [-0.3, -0.25) is 0 Å². The van der Waals surface area contributed by atoms with Crippen molar-refractivity contribution in [3.8, 4) is 5.75 Å². The number of carbonyl (C=O) groups is 1. The maximum absolute atomic E-state index is 12.5. The SMILES string of the molecule is CCOC(=O)c1c(OCC)c2ccc(Cl)cc2n1CCN(C)C. The fourth-order valence-corrected chi connectivity index (χ4v) is 2.68. The number of fused-ring (bicyclic) bond motifs is 1. The molecule has 126 valence electrons. The van der Waals surface area contributed by atoms with Gasteiger partial charge in [-0.1, -0.05) is 11.6 Å². The molecule has 0 atom stereocenters. The molecule has 0 bridgehead atoms. The molecule has 0 unspecified atom stereocenters. The van der Waals surface area contributed by atoms with Crippen molar-refractivity contribution in [2.75, 3.05) is 33.9 Å². The quantitative estimate of drug-likeness (QED) is 0.725. The average Bonchev–Trinajstić information content (AvgIpc) is 2.79. The number of halogens is 1. The summed E-state index contributed by atoms with van der Waals surface area (Å²) in [6, 6.07) is 5.55. The Hall–Kier alpha value is -1.72. The van der Waals surface area contributed by atoms with Gasteiger partial charge in [-0.15, -0.1) is 0 Å². The normalized spacial score (nSPS) is 11.2. The van der Waals surface area contributed by atoms with Gasteiger partial charge in [0.05, 0.1) is 18.7 Å². The number of esters is 1. The standard InChI is InChI=1S/C17H23ClN2O3/c1-5-22-16-13-8-7-12(18)11-14(13)20(10-9-19(3)4)15(16)17(21)23-6-2/h7-8,11H,5-6,9-10H2,1-4H3. The van der Waals surface area contributed by atoms with Crippen LogP contribution in [0.15, 0.2) is 18.2 Å². The summed E-state index contributed by atoms with van der Waals surface area (Å²) in [6.07, 6.45) is 0. The molecule has 0 fully saturated rings. The van der Waals surface area contributed by atoms with Crippen molar-refractivity contribution in [3.05, 3.63) is 28.9 Å². The Kier molecular flexibility index (Phi) is 5.91. The van der Waals surface area contributed by atoms with Crippen LogP contribution < -0.4 is 4.74 Å². The van der Waals surface area contributed by atoms with Crippen LogP contribution in [0, 0.1) is 0 Å². The van der Waals surface area contributed by atoms with Gasteiger partial charge in [0.1, 0.15) is 0 Å². The number of aromatic nitrogens is 1. The zero-order chi connectivity index (χ0) is 17.0. The second-order valence-electron chi connectivity index (χ2n) is 5.45. The molecular weight excluding hydrogens is 316 g/mol. The van der Waals surface area contributed by atoms with E-state index in [-0.39, 0.29) is 5.97 Å². The summed E-state index contributed by atoms with van der Waals surface area (Å²) in [6.45, 7) is 5.91. The maximum atomic E-state index is 12.5. The monoisotopic (exact) mass is 338 g/mol. The molecule has 0 aliphatic rings. The van der Waals surface area contributed by atoms with E-state index in [1.54, 1.807) is 13.0 Å². The number of rotatable bonds is 7. The van der Waals surface area contributed by atoms with Crippen molar-refractivity contribution < 1.29 is 14.3 Å². The number of benzene rings is 1. The number of hydrogen-bond donors (Lipinski definition) is 0. The molecular formula is C17H23ClN2O3. The molecule has 0 spiro atoms. The summed E-state index contributed by atoms with van der Waals surface area (Å²) in [7, 11) is 3.98. The average molecular weight is 339 g/mol. The van der Waals surface area contributed by atoms with Crippen LogP contribution in [0.2, 0.25) is 5.02 Å². The topological polar surface area (TPSA) is 43.7 Å². The number of ether oxygens (including phenoxy) is 2. The lowest BCUT2D eigenvalue weighted by molar-refractivity contribution is 0.0509. The summed E-state index contributed by atoms with van der Waals surface area (Å²) < 4.78 is 12.9. The van der Waals surface area contributed by atoms with Gasteiger partial charge in [-0.25, -0.2) is 4.79 Å². The highest BCUT2D eigenvalue weighted by molar-refractivity contribution is 6.31. The van der Waals surface area contributed by atoms with E-state index in [1.807, 2.05) is 37.7 Å². The molecule has 0 saturated carbocycles. The predicted molar refractivity (Wildman–Crippen MR) is 92.6 cm³/mol. The van der Waals surface area contributed by atoms with E-state index in [9.17, 15) is 4.79 Å². The van der Waals surface area contributed by atoms with Crippen molar-refractivity contribution in [2.24, 2.45) is 0 Å². The third kappa shape index (κ3) is 3.79. The molecule has 0 N–H and O–H groups in total. The Balaban J connectivity index is 2.66. The molecule has 2 rings (SSSR count). The van der Waals surface area contributed by atoms with Gasteiger partial charge in [0.2, 0.25) is 0 Å². The van der Waals surface area contributed by atoms with Gasteiger partial charge in [0, 0.05) is 23.5 Å². The first-order valence-electron chi connectivity index (χ1n) is 7.76. The first-order valence-corrected chi connectivity index (χ1v) is 8.13. The minimum Gasteiger partial charge on any atom is -0.491 e. The predicted octanol–water partition coefficient (Wildman–Crippen LogP) is 3.43. The van der Waals surface area contributed by atoms with E-state index in [0.717, 1.165) is 17.4 Å². The minimum atomic E-state index is -0.373. The smallest absolute Gasteiger partial charge is 0.358 e. The molecule has 1 heterocycles. The Morgan fingerprint density at radius 1 is 1.26 bits per heavy atom. The highest BCUT2D eigenvalue weighted by Crippen LogP contribution is 2.35. The fourth-order valence-electron chi connectivity index (χ4n) is 2.52. The van der Waals surface area contributed by atoms with Crippen LogP contribution in [0.25, 0.3) is 10.9 Å². The van der Waals surface area contributed by atoms with Crippen molar-refractivity contribution in [1.82, 2.24) is 9.47 Å². The van der Waals surface area contributed by atoms with Gasteiger partial charge < -0.3 is 18.9 Å². The molecule has 6 heteroatoms. The van der Waals surface area contributed by atoms with Crippen molar-refractivity contribution in [1.29, 1.82) is 0 Å². The molecule has 5 nitrogen and oxygen atoms in total. The Labute approximate surface area is 141 Å². The van der Waals surface area contributed by atoms with Gasteiger partial charge in [0.25, 0.3) is 0 Å². The summed E-state index contributed by atoms with van der Waals surface area (Å²) in [5.74, 6) is 0.193. The van der Waals surface area contributed by atoms with Crippen LogP contribution in [0.5, 0.6) is 5.75 Å². The van der Waals surface area contributed by atoms with Gasteiger partial charge >= 0.3 is 5.97 Å².